The molecule has 32 heavy (non-hydrogen) atoms. The first-order valence-corrected chi connectivity index (χ1v) is 11.4. The van der Waals surface area contributed by atoms with Gasteiger partial charge in [0.1, 0.15) is 11.6 Å². The Labute approximate surface area is 186 Å². The van der Waals surface area contributed by atoms with Gasteiger partial charge in [-0.3, -0.25) is 4.79 Å². The van der Waals surface area contributed by atoms with E-state index in [-0.39, 0.29) is 29.5 Å². The van der Waals surface area contributed by atoms with Crippen molar-refractivity contribution in [3.8, 4) is 0 Å². The second kappa shape index (κ2) is 8.30. The molecule has 0 atom stereocenters. The molecule has 0 radical (unpaired) electrons. The van der Waals surface area contributed by atoms with Crippen LogP contribution < -0.4 is 5.32 Å². The van der Waals surface area contributed by atoms with Gasteiger partial charge in [0.2, 0.25) is 0 Å². The number of nitrogens with one attached hydrogen (secondary N) is 1. The van der Waals surface area contributed by atoms with Crippen molar-refractivity contribution in [2.75, 3.05) is 0 Å². The first kappa shape index (κ1) is 24.4. The van der Waals surface area contributed by atoms with Gasteiger partial charge in [0, 0.05) is 11.6 Å². The van der Waals surface area contributed by atoms with E-state index in [9.17, 15) is 35.2 Å². The first-order valence-electron chi connectivity index (χ1n) is 9.51. The van der Waals surface area contributed by atoms with Crippen LogP contribution in [-0.2, 0) is 16.0 Å². The van der Waals surface area contributed by atoms with E-state index >= 15 is 0 Å². The third-order valence-corrected chi connectivity index (χ3v) is 8.72. The van der Waals surface area contributed by atoms with Crippen LogP contribution in [0.2, 0.25) is 5.02 Å². The maximum Gasteiger partial charge on any atom is 0.416 e. The van der Waals surface area contributed by atoms with Crippen molar-refractivity contribution in [1.82, 2.24) is 5.32 Å². The molecule has 1 N–H and O–H groups in total. The van der Waals surface area contributed by atoms with E-state index in [0.29, 0.717) is 12.1 Å². The Morgan fingerprint density at radius 2 is 1.69 bits per heavy atom. The fourth-order valence-corrected chi connectivity index (χ4v) is 5.52. The van der Waals surface area contributed by atoms with Gasteiger partial charge in [-0.15, -0.1) is 0 Å². The quantitative estimate of drug-likeness (QED) is 0.565. The lowest BCUT2D eigenvalue weighted by Gasteiger charge is -2.45. The fourth-order valence-electron chi connectivity index (χ4n) is 3.61. The third-order valence-electron chi connectivity index (χ3n) is 5.84. The second-order valence-corrected chi connectivity index (χ2v) is 11.2. The third kappa shape index (κ3) is 4.61. The lowest BCUT2D eigenvalue weighted by atomic mass is 9.73. The van der Waals surface area contributed by atoms with E-state index in [1.54, 1.807) is 0 Å². The number of rotatable bonds is 5. The number of carbonyl (C=O) groups is 1. The number of sulfone groups is 1. The van der Waals surface area contributed by atoms with E-state index in [0.717, 1.165) is 6.07 Å². The molecular formula is C21H19ClF5NO3S. The van der Waals surface area contributed by atoms with Crippen molar-refractivity contribution in [2.45, 2.75) is 48.5 Å². The second-order valence-electron chi connectivity index (χ2n) is 8.25. The molecule has 0 bridgehead atoms. The normalized spacial score (nSPS) is 19.4. The number of benzene rings is 2. The van der Waals surface area contributed by atoms with Crippen LogP contribution in [0, 0.1) is 17.6 Å². The summed E-state index contributed by atoms with van der Waals surface area (Å²) in [5, 5.41) is 2.52. The Balaban J connectivity index is 1.73. The predicted octanol–water partition coefficient (Wildman–Crippen LogP) is 5.40. The van der Waals surface area contributed by atoms with E-state index in [2.05, 4.69) is 5.32 Å². The van der Waals surface area contributed by atoms with Gasteiger partial charge in [0.15, 0.2) is 9.84 Å². The van der Waals surface area contributed by atoms with Crippen LogP contribution in [0.25, 0.3) is 0 Å². The predicted molar refractivity (Wildman–Crippen MR) is 108 cm³/mol. The Hall–Kier alpha value is -2.20. The lowest BCUT2D eigenvalue weighted by molar-refractivity contribution is -0.137. The highest BCUT2D eigenvalue weighted by atomic mass is 35.5. The molecule has 11 heteroatoms. The minimum atomic E-state index is -4.90. The fraction of sp³-hybridized carbons (Fsp3) is 0.381. The summed E-state index contributed by atoms with van der Waals surface area (Å²) in [5.74, 6) is -3.13. The first-order chi connectivity index (χ1) is 14.6. The van der Waals surface area contributed by atoms with Crippen LogP contribution in [0.5, 0.6) is 0 Å². The highest BCUT2D eigenvalue weighted by Gasteiger charge is 2.49. The molecule has 3 rings (SSSR count). The number of carbonyl (C=O) groups excluding carboxylic acids is 1. The van der Waals surface area contributed by atoms with Crippen LogP contribution in [0.15, 0.2) is 41.3 Å². The zero-order chi connectivity index (χ0) is 24.1. The molecule has 0 unspecified atom stereocenters. The molecule has 1 saturated carbocycles. The summed E-state index contributed by atoms with van der Waals surface area (Å²) in [6, 6.07) is 4.38. The smallest absolute Gasteiger partial charge is 0.349 e. The number of amides is 1. The maximum absolute atomic E-state index is 13.7. The molecular weight excluding hydrogens is 477 g/mol. The van der Waals surface area contributed by atoms with Crippen molar-refractivity contribution < 1.29 is 35.2 Å². The number of alkyl halides is 3. The number of hydrogen-bond donors (Lipinski definition) is 1. The average molecular weight is 496 g/mol. The Kier molecular flexibility index (Phi) is 6.34. The van der Waals surface area contributed by atoms with Crippen molar-refractivity contribution in [3.63, 3.8) is 0 Å². The summed E-state index contributed by atoms with van der Waals surface area (Å²) >= 11 is 5.59. The van der Waals surface area contributed by atoms with Crippen molar-refractivity contribution >= 4 is 27.3 Å². The van der Waals surface area contributed by atoms with Gasteiger partial charge in [0.05, 0.1) is 20.2 Å². The molecule has 2 aromatic rings. The van der Waals surface area contributed by atoms with Crippen LogP contribution in [-0.4, -0.2) is 25.1 Å². The van der Waals surface area contributed by atoms with Crippen molar-refractivity contribution in [1.29, 1.82) is 0 Å². The van der Waals surface area contributed by atoms with Gasteiger partial charge in [-0.1, -0.05) is 11.6 Å². The summed E-state index contributed by atoms with van der Waals surface area (Å²) < 4.78 is 90.9. The van der Waals surface area contributed by atoms with E-state index in [1.165, 1.54) is 26.0 Å². The highest BCUT2D eigenvalue weighted by molar-refractivity contribution is 7.92. The minimum Gasteiger partial charge on any atom is -0.349 e. The molecule has 0 saturated heterocycles. The molecule has 1 fully saturated rings. The monoisotopic (exact) mass is 495 g/mol. The van der Waals surface area contributed by atoms with Gasteiger partial charge >= 0.3 is 6.18 Å². The molecule has 1 amide bonds. The molecule has 1 aliphatic carbocycles. The van der Waals surface area contributed by atoms with E-state index in [1.807, 2.05) is 0 Å². The van der Waals surface area contributed by atoms with Gasteiger partial charge in [0.25, 0.3) is 5.91 Å². The summed E-state index contributed by atoms with van der Waals surface area (Å²) in [6.07, 6.45) is -4.44. The molecule has 0 heterocycles. The standard InChI is InChI=1S/C21H19ClF5NO3S/c1-20(2,32(30,31)16-9-13(21(25,26)27)6-14(23)10-16)12-7-15(8-12)28-19(29)11-3-4-17(22)18(24)5-11/h3-6,9-10,12,15H,7-8H2,1-2H3,(H,28,29)/t12-,15+. The number of hydrogen-bond acceptors (Lipinski definition) is 3. The SMILES string of the molecule is CC(C)([C@H]1C[C@@H](NC(=O)c2ccc(Cl)c(F)c2)C1)S(=O)(=O)c1cc(F)cc(C(F)(F)F)c1. The molecule has 174 valence electrons. The maximum atomic E-state index is 13.7. The average Bonchev–Trinajstić information content (AvgIpc) is 2.64. The Morgan fingerprint density at radius 1 is 1.06 bits per heavy atom. The molecule has 2 aromatic carbocycles. The summed E-state index contributed by atoms with van der Waals surface area (Å²) in [4.78, 5) is 11.5. The van der Waals surface area contributed by atoms with Gasteiger partial charge in [-0.05, 0) is 69.0 Å². The topological polar surface area (TPSA) is 63.2 Å². The molecule has 1 aliphatic rings. The van der Waals surface area contributed by atoms with Crippen molar-refractivity contribution in [3.05, 3.63) is 64.2 Å². The van der Waals surface area contributed by atoms with Crippen molar-refractivity contribution in [2.24, 2.45) is 5.92 Å². The zero-order valence-electron chi connectivity index (χ0n) is 16.9. The minimum absolute atomic E-state index is 0.0432. The largest absolute Gasteiger partial charge is 0.416 e. The van der Waals surface area contributed by atoms with E-state index in [4.69, 9.17) is 11.6 Å². The van der Waals surface area contributed by atoms with Gasteiger partial charge in [-0.2, -0.15) is 13.2 Å². The van der Waals surface area contributed by atoms with Crippen LogP contribution >= 0.6 is 11.6 Å². The zero-order valence-corrected chi connectivity index (χ0v) is 18.5. The van der Waals surface area contributed by atoms with Crippen LogP contribution in [0.1, 0.15) is 42.6 Å². The van der Waals surface area contributed by atoms with Gasteiger partial charge < -0.3 is 5.32 Å². The molecule has 4 nitrogen and oxygen atoms in total. The number of halogens is 6. The summed E-state index contributed by atoms with van der Waals surface area (Å²) in [5.41, 5.74) is -1.34. The lowest BCUT2D eigenvalue weighted by Crippen LogP contribution is -2.53. The highest BCUT2D eigenvalue weighted by Crippen LogP contribution is 2.44. The Bertz CT molecular complexity index is 1160. The summed E-state index contributed by atoms with van der Waals surface area (Å²) in [7, 11) is -4.34. The molecule has 0 aliphatic heterocycles. The molecule has 0 aromatic heterocycles. The van der Waals surface area contributed by atoms with Crippen LogP contribution in [0.3, 0.4) is 0 Å². The van der Waals surface area contributed by atoms with Crippen LogP contribution in [0.4, 0.5) is 22.0 Å². The van der Waals surface area contributed by atoms with Gasteiger partial charge in [-0.25, -0.2) is 17.2 Å². The van der Waals surface area contributed by atoms with E-state index < -0.39 is 60.7 Å². The summed E-state index contributed by atoms with van der Waals surface area (Å²) in [6.45, 7) is 2.72. The molecule has 0 spiro atoms. The Morgan fingerprint density at radius 3 is 2.25 bits per heavy atom.